The molecule has 0 spiro atoms. The van der Waals surface area contributed by atoms with Gasteiger partial charge in [-0.3, -0.25) is 4.72 Å². The van der Waals surface area contributed by atoms with E-state index >= 15 is 0 Å². The maximum Gasteiger partial charge on any atom is 0.263 e. The number of aryl methyl sites for hydroxylation is 2. The zero-order chi connectivity index (χ0) is 14.9. The van der Waals surface area contributed by atoms with Gasteiger partial charge in [0.1, 0.15) is 5.82 Å². The number of hydrogen-bond donors (Lipinski definition) is 2. The van der Waals surface area contributed by atoms with Crippen molar-refractivity contribution < 1.29 is 8.42 Å². The zero-order valence-corrected chi connectivity index (χ0v) is 12.5. The van der Waals surface area contributed by atoms with Gasteiger partial charge in [-0.1, -0.05) is 6.07 Å². The summed E-state index contributed by atoms with van der Waals surface area (Å²) in [5.41, 5.74) is 8.41. The Balaban J connectivity index is 2.46. The molecule has 1 aromatic heterocycles. The molecule has 2 rings (SSSR count). The van der Waals surface area contributed by atoms with Crippen molar-refractivity contribution in [2.75, 3.05) is 10.5 Å². The molecule has 106 valence electrons. The van der Waals surface area contributed by atoms with Crippen LogP contribution in [0.5, 0.6) is 0 Å². The first-order chi connectivity index (χ1) is 9.29. The van der Waals surface area contributed by atoms with Gasteiger partial charge in [0.05, 0.1) is 4.90 Å². The van der Waals surface area contributed by atoms with Gasteiger partial charge in [-0.2, -0.15) is 0 Å². The van der Waals surface area contributed by atoms with Gasteiger partial charge < -0.3 is 5.73 Å². The summed E-state index contributed by atoms with van der Waals surface area (Å²) in [5.74, 6) is 0.296. The summed E-state index contributed by atoms with van der Waals surface area (Å²) in [6, 6.07) is 8.37. The van der Waals surface area contributed by atoms with E-state index in [1.54, 1.807) is 38.1 Å². The molecular formula is C14H17N3O2S. The number of nitrogens with one attached hydrogen (secondary N) is 1. The van der Waals surface area contributed by atoms with Gasteiger partial charge in [0, 0.05) is 11.4 Å². The van der Waals surface area contributed by atoms with Crippen molar-refractivity contribution in [3.63, 3.8) is 0 Å². The average molecular weight is 291 g/mol. The third kappa shape index (κ3) is 2.91. The van der Waals surface area contributed by atoms with Gasteiger partial charge in [0.15, 0.2) is 0 Å². The van der Waals surface area contributed by atoms with Gasteiger partial charge in [-0.15, -0.1) is 0 Å². The van der Waals surface area contributed by atoms with E-state index in [2.05, 4.69) is 9.71 Å². The van der Waals surface area contributed by atoms with Crippen LogP contribution in [0.1, 0.15) is 16.8 Å². The van der Waals surface area contributed by atoms with Crippen LogP contribution >= 0.6 is 0 Å². The molecule has 0 saturated carbocycles. The number of aromatic nitrogens is 1. The lowest BCUT2D eigenvalue weighted by atomic mass is 10.1. The van der Waals surface area contributed by atoms with Gasteiger partial charge in [-0.05, 0) is 56.2 Å². The summed E-state index contributed by atoms with van der Waals surface area (Å²) in [4.78, 5) is 4.32. The molecule has 0 bridgehead atoms. The highest BCUT2D eigenvalue weighted by Crippen LogP contribution is 2.24. The molecule has 0 aliphatic carbocycles. The van der Waals surface area contributed by atoms with E-state index in [4.69, 9.17) is 5.73 Å². The van der Waals surface area contributed by atoms with Crippen LogP contribution in [0.3, 0.4) is 0 Å². The van der Waals surface area contributed by atoms with Crippen molar-refractivity contribution in [3.05, 3.63) is 47.2 Å². The first-order valence-electron chi connectivity index (χ1n) is 6.13. The fraction of sp³-hybridized carbons (Fsp3) is 0.214. The van der Waals surface area contributed by atoms with Crippen molar-refractivity contribution in [2.24, 2.45) is 0 Å². The van der Waals surface area contributed by atoms with E-state index in [0.29, 0.717) is 17.1 Å². The predicted octanol–water partition coefficient (Wildman–Crippen LogP) is 2.39. The largest absolute Gasteiger partial charge is 0.399 e. The second-order valence-electron chi connectivity index (χ2n) is 4.73. The first kappa shape index (κ1) is 14.3. The SMILES string of the molecule is Cc1cccc(NS(=O)(=O)c2cc(N)cc(C)c2C)n1. The number of pyridine rings is 1. The molecule has 0 radical (unpaired) electrons. The van der Waals surface area contributed by atoms with Gasteiger partial charge >= 0.3 is 0 Å². The lowest BCUT2D eigenvalue weighted by Gasteiger charge is -2.12. The second kappa shape index (κ2) is 5.13. The fourth-order valence-electron chi connectivity index (χ4n) is 1.93. The number of benzene rings is 1. The van der Waals surface area contributed by atoms with Crippen LogP contribution in [-0.4, -0.2) is 13.4 Å². The summed E-state index contributed by atoms with van der Waals surface area (Å²) >= 11 is 0. The number of hydrogen-bond acceptors (Lipinski definition) is 4. The maximum absolute atomic E-state index is 12.4. The third-order valence-corrected chi connectivity index (χ3v) is 4.54. The van der Waals surface area contributed by atoms with Gasteiger partial charge in [0.2, 0.25) is 0 Å². The molecule has 0 unspecified atom stereocenters. The molecule has 0 amide bonds. The zero-order valence-electron chi connectivity index (χ0n) is 11.6. The van der Waals surface area contributed by atoms with Crippen LogP contribution < -0.4 is 10.5 Å². The van der Waals surface area contributed by atoms with Crippen molar-refractivity contribution in [3.8, 4) is 0 Å². The van der Waals surface area contributed by atoms with E-state index in [1.165, 1.54) is 6.07 Å². The van der Waals surface area contributed by atoms with E-state index in [1.807, 2.05) is 6.92 Å². The minimum absolute atomic E-state index is 0.179. The van der Waals surface area contributed by atoms with Crippen LogP contribution in [-0.2, 0) is 10.0 Å². The van der Waals surface area contributed by atoms with E-state index in [9.17, 15) is 8.42 Å². The van der Waals surface area contributed by atoms with Crippen LogP contribution in [0.15, 0.2) is 35.2 Å². The Hall–Kier alpha value is -2.08. The lowest BCUT2D eigenvalue weighted by Crippen LogP contribution is -2.16. The molecule has 1 aromatic carbocycles. The second-order valence-corrected chi connectivity index (χ2v) is 6.38. The molecule has 0 aliphatic heterocycles. The van der Waals surface area contributed by atoms with Crippen molar-refractivity contribution >= 4 is 21.5 Å². The molecule has 0 aliphatic rings. The minimum Gasteiger partial charge on any atom is -0.399 e. The van der Waals surface area contributed by atoms with E-state index in [-0.39, 0.29) is 4.90 Å². The van der Waals surface area contributed by atoms with E-state index < -0.39 is 10.0 Å². The smallest absolute Gasteiger partial charge is 0.263 e. The highest BCUT2D eigenvalue weighted by atomic mass is 32.2. The Morgan fingerprint density at radius 3 is 2.50 bits per heavy atom. The Morgan fingerprint density at radius 1 is 1.15 bits per heavy atom. The summed E-state index contributed by atoms with van der Waals surface area (Å²) in [6.45, 7) is 5.39. The van der Waals surface area contributed by atoms with Crippen molar-refractivity contribution in [2.45, 2.75) is 25.7 Å². The Morgan fingerprint density at radius 2 is 1.85 bits per heavy atom. The number of rotatable bonds is 3. The quantitative estimate of drug-likeness (QED) is 0.850. The highest BCUT2D eigenvalue weighted by Gasteiger charge is 2.19. The van der Waals surface area contributed by atoms with Crippen LogP contribution in [0, 0.1) is 20.8 Å². The maximum atomic E-state index is 12.4. The van der Waals surface area contributed by atoms with Crippen molar-refractivity contribution in [1.82, 2.24) is 4.98 Å². The molecule has 0 atom stereocenters. The van der Waals surface area contributed by atoms with Gasteiger partial charge in [0.25, 0.3) is 10.0 Å². The molecule has 0 saturated heterocycles. The molecule has 2 aromatic rings. The third-order valence-electron chi connectivity index (χ3n) is 3.06. The van der Waals surface area contributed by atoms with Crippen molar-refractivity contribution in [1.29, 1.82) is 0 Å². The standard InChI is InChI=1S/C14H17N3O2S/c1-9-7-12(15)8-13(11(9)3)20(18,19)17-14-6-4-5-10(2)16-14/h4-8H,15H2,1-3H3,(H,16,17). The van der Waals surface area contributed by atoms with Gasteiger partial charge in [-0.25, -0.2) is 13.4 Å². The molecular weight excluding hydrogens is 274 g/mol. The summed E-state index contributed by atoms with van der Waals surface area (Å²) in [6.07, 6.45) is 0. The van der Waals surface area contributed by atoms with Crippen LogP contribution in [0.2, 0.25) is 0 Å². The predicted molar refractivity (Wildman–Crippen MR) is 80.1 cm³/mol. The number of nitrogens with two attached hydrogens (primary N) is 1. The summed E-state index contributed by atoms with van der Waals surface area (Å²) in [7, 11) is -3.70. The fourth-order valence-corrected chi connectivity index (χ4v) is 3.28. The highest BCUT2D eigenvalue weighted by molar-refractivity contribution is 7.92. The number of anilines is 2. The first-order valence-corrected chi connectivity index (χ1v) is 7.61. The Labute approximate surface area is 118 Å². The summed E-state index contributed by atoms with van der Waals surface area (Å²) in [5, 5.41) is 0. The molecule has 20 heavy (non-hydrogen) atoms. The Bertz CT molecular complexity index is 755. The number of nitrogens with zero attached hydrogens (tertiary/aromatic N) is 1. The molecule has 0 fully saturated rings. The topological polar surface area (TPSA) is 85.1 Å². The molecule has 3 N–H and O–H groups in total. The monoisotopic (exact) mass is 291 g/mol. The minimum atomic E-state index is -3.70. The molecule has 6 heteroatoms. The number of nitrogen functional groups attached to an aromatic ring is 1. The molecule has 1 heterocycles. The lowest BCUT2D eigenvalue weighted by molar-refractivity contribution is 0.600. The average Bonchev–Trinajstić information content (AvgIpc) is 2.33. The number of sulfonamides is 1. The Kier molecular flexibility index (Phi) is 3.67. The summed E-state index contributed by atoms with van der Waals surface area (Å²) < 4.78 is 27.3. The normalized spacial score (nSPS) is 11.3. The van der Waals surface area contributed by atoms with E-state index in [0.717, 1.165) is 11.3 Å². The van der Waals surface area contributed by atoms with Crippen LogP contribution in [0.4, 0.5) is 11.5 Å². The molecule has 5 nitrogen and oxygen atoms in total. The van der Waals surface area contributed by atoms with Crippen LogP contribution in [0.25, 0.3) is 0 Å².